The topological polar surface area (TPSA) is 29.0 Å². The molecule has 0 saturated heterocycles. The first-order valence-corrected chi connectivity index (χ1v) is 5.48. The number of hydrogen-bond donors (Lipinski definition) is 0. The average molecular weight is 258 g/mol. The van der Waals surface area contributed by atoms with Crippen LogP contribution in [0.2, 0.25) is 0 Å². The molecule has 0 bridgehead atoms. The summed E-state index contributed by atoms with van der Waals surface area (Å²) in [6, 6.07) is 0. The smallest absolute Gasteiger partial charge is 0.225 e. The Bertz CT molecular complexity index is 295. The van der Waals surface area contributed by atoms with Crippen LogP contribution in [-0.2, 0) is 0 Å². The van der Waals surface area contributed by atoms with E-state index in [4.69, 9.17) is 0 Å². The molecule has 0 unspecified atom stereocenters. The Balaban J connectivity index is 2.89. The Labute approximate surface area is 93.7 Å². The van der Waals surface area contributed by atoms with Crippen molar-refractivity contribution in [2.75, 3.05) is 11.9 Å². The van der Waals surface area contributed by atoms with Gasteiger partial charge in [-0.05, 0) is 36.2 Å². The summed E-state index contributed by atoms with van der Waals surface area (Å²) < 4.78 is 0.906. The Morgan fingerprint density at radius 2 is 1.86 bits per heavy atom. The van der Waals surface area contributed by atoms with Crippen LogP contribution in [0.25, 0.3) is 0 Å². The largest absolute Gasteiger partial charge is 0.339 e. The van der Waals surface area contributed by atoms with Gasteiger partial charge in [-0.25, -0.2) is 9.97 Å². The molecule has 0 fully saturated rings. The molecule has 1 heterocycles. The molecule has 1 rings (SSSR count). The summed E-state index contributed by atoms with van der Waals surface area (Å²) in [7, 11) is 2.02. The van der Waals surface area contributed by atoms with Gasteiger partial charge in [0.1, 0.15) is 0 Å². The van der Waals surface area contributed by atoms with Gasteiger partial charge in [-0.3, -0.25) is 0 Å². The van der Waals surface area contributed by atoms with Crippen LogP contribution in [0, 0.1) is 0 Å². The molecule has 1 aromatic rings. The van der Waals surface area contributed by atoms with E-state index in [0.717, 1.165) is 16.8 Å². The summed E-state index contributed by atoms with van der Waals surface area (Å²) in [5, 5.41) is 0. The molecule has 0 radical (unpaired) electrons. The second-order valence-electron chi connectivity index (χ2n) is 3.93. The molecule has 0 saturated carbocycles. The molecule has 0 atom stereocenters. The number of aromatic nitrogens is 2. The molecular formula is C10H16BrN3. The highest BCUT2D eigenvalue weighted by molar-refractivity contribution is 9.10. The van der Waals surface area contributed by atoms with Crippen molar-refractivity contribution < 1.29 is 0 Å². The quantitative estimate of drug-likeness (QED) is 0.834. The van der Waals surface area contributed by atoms with Gasteiger partial charge in [-0.15, -0.1) is 0 Å². The highest BCUT2D eigenvalue weighted by Gasteiger charge is 2.22. The van der Waals surface area contributed by atoms with Gasteiger partial charge < -0.3 is 4.90 Å². The van der Waals surface area contributed by atoms with Gasteiger partial charge in [0.15, 0.2) is 0 Å². The lowest BCUT2D eigenvalue weighted by atomic mass is 10.0. The predicted octanol–water partition coefficient (Wildman–Crippen LogP) is 2.86. The molecule has 3 nitrogen and oxygen atoms in total. The molecular weight excluding hydrogens is 242 g/mol. The molecule has 0 amide bonds. The Hall–Kier alpha value is -0.640. The first kappa shape index (κ1) is 11.4. The Kier molecular flexibility index (Phi) is 3.48. The van der Waals surface area contributed by atoms with Crippen molar-refractivity contribution in [1.82, 2.24) is 9.97 Å². The zero-order chi connectivity index (χ0) is 10.8. The summed E-state index contributed by atoms with van der Waals surface area (Å²) >= 11 is 3.32. The van der Waals surface area contributed by atoms with Crippen molar-refractivity contribution >= 4 is 21.9 Å². The first-order chi connectivity index (χ1) is 6.47. The lowest BCUT2D eigenvalue weighted by Gasteiger charge is -2.34. The Morgan fingerprint density at radius 1 is 1.36 bits per heavy atom. The zero-order valence-electron chi connectivity index (χ0n) is 9.08. The molecule has 0 spiro atoms. The number of nitrogens with zero attached hydrogens (tertiary/aromatic N) is 3. The van der Waals surface area contributed by atoms with Gasteiger partial charge in [0.25, 0.3) is 0 Å². The summed E-state index contributed by atoms with van der Waals surface area (Å²) in [6.45, 7) is 6.52. The van der Waals surface area contributed by atoms with Crippen LogP contribution in [0.3, 0.4) is 0 Å². The van der Waals surface area contributed by atoms with E-state index in [1.807, 2.05) is 7.05 Å². The van der Waals surface area contributed by atoms with Crippen molar-refractivity contribution in [3.05, 3.63) is 16.9 Å². The van der Waals surface area contributed by atoms with E-state index in [2.05, 4.69) is 51.6 Å². The maximum atomic E-state index is 4.26. The van der Waals surface area contributed by atoms with Crippen LogP contribution in [-0.4, -0.2) is 22.6 Å². The minimum absolute atomic E-state index is 0.0911. The fraction of sp³-hybridized carbons (Fsp3) is 0.600. The summed E-state index contributed by atoms with van der Waals surface area (Å²) in [6.07, 6.45) is 4.60. The van der Waals surface area contributed by atoms with E-state index < -0.39 is 0 Å². The monoisotopic (exact) mass is 257 g/mol. The van der Waals surface area contributed by atoms with Gasteiger partial charge >= 0.3 is 0 Å². The highest BCUT2D eigenvalue weighted by Crippen LogP contribution is 2.21. The fourth-order valence-corrected chi connectivity index (χ4v) is 1.19. The lowest BCUT2D eigenvalue weighted by Crippen LogP contribution is -2.41. The maximum Gasteiger partial charge on any atom is 0.225 e. The van der Waals surface area contributed by atoms with E-state index in [1.165, 1.54) is 0 Å². The minimum Gasteiger partial charge on any atom is -0.339 e. The van der Waals surface area contributed by atoms with Crippen LogP contribution in [0.4, 0.5) is 5.95 Å². The SMILES string of the molecule is CCC(C)(C)N(C)c1ncc(Br)cn1. The molecule has 0 aliphatic rings. The third kappa shape index (κ3) is 2.44. The Morgan fingerprint density at radius 3 is 2.29 bits per heavy atom. The van der Waals surface area contributed by atoms with Crippen molar-refractivity contribution in [2.45, 2.75) is 32.7 Å². The normalized spacial score (nSPS) is 11.5. The second-order valence-corrected chi connectivity index (χ2v) is 4.84. The third-order valence-electron chi connectivity index (χ3n) is 2.68. The van der Waals surface area contributed by atoms with E-state index in [0.29, 0.717) is 0 Å². The van der Waals surface area contributed by atoms with Crippen LogP contribution >= 0.6 is 15.9 Å². The zero-order valence-corrected chi connectivity index (χ0v) is 10.7. The molecule has 14 heavy (non-hydrogen) atoms. The van der Waals surface area contributed by atoms with Gasteiger partial charge in [-0.2, -0.15) is 0 Å². The predicted molar refractivity (Wildman–Crippen MR) is 62.5 cm³/mol. The average Bonchev–Trinajstić information content (AvgIpc) is 2.18. The summed E-state index contributed by atoms with van der Waals surface area (Å²) in [5.41, 5.74) is 0.0911. The highest BCUT2D eigenvalue weighted by atomic mass is 79.9. The van der Waals surface area contributed by atoms with Gasteiger partial charge in [0.2, 0.25) is 5.95 Å². The second kappa shape index (κ2) is 4.26. The third-order valence-corrected chi connectivity index (χ3v) is 3.09. The fourth-order valence-electron chi connectivity index (χ4n) is 0.987. The number of anilines is 1. The maximum absolute atomic E-state index is 4.26. The van der Waals surface area contributed by atoms with E-state index in [-0.39, 0.29) is 5.54 Å². The van der Waals surface area contributed by atoms with Gasteiger partial charge in [-0.1, -0.05) is 6.92 Å². The van der Waals surface area contributed by atoms with Gasteiger partial charge in [0, 0.05) is 25.0 Å². The molecule has 78 valence electrons. The van der Waals surface area contributed by atoms with E-state index in [9.17, 15) is 0 Å². The van der Waals surface area contributed by atoms with Gasteiger partial charge in [0.05, 0.1) is 4.47 Å². The summed E-state index contributed by atoms with van der Waals surface area (Å²) in [5.74, 6) is 0.764. The van der Waals surface area contributed by atoms with Crippen molar-refractivity contribution in [3.63, 3.8) is 0 Å². The first-order valence-electron chi connectivity index (χ1n) is 4.69. The van der Waals surface area contributed by atoms with Crippen LogP contribution in [0.1, 0.15) is 27.2 Å². The van der Waals surface area contributed by atoms with Crippen LogP contribution < -0.4 is 4.90 Å². The lowest BCUT2D eigenvalue weighted by molar-refractivity contribution is 0.463. The number of rotatable bonds is 3. The molecule has 1 aromatic heterocycles. The molecule has 0 aliphatic carbocycles. The van der Waals surface area contributed by atoms with Crippen LogP contribution in [0.5, 0.6) is 0 Å². The van der Waals surface area contributed by atoms with Crippen LogP contribution in [0.15, 0.2) is 16.9 Å². The number of halogens is 1. The van der Waals surface area contributed by atoms with E-state index >= 15 is 0 Å². The summed E-state index contributed by atoms with van der Waals surface area (Å²) in [4.78, 5) is 10.6. The molecule has 4 heteroatoms. The van der Waals surface area contributed by atoms with Crippen molar-refractivity contribution in [3.8, 4) is 0 Å². The van der Waals surface area contributed by atoms with E-state index in [1.54, 1.807) is 12.4 Å². The molecule has 0 aliphatic heterocycles. The van der Waals surface area contributed by atoms with Crippen molar-refractivity contribution in [1.29, 1.82) is 0 Å². The van der Waals surface area contributed by atoms with Crippen molar-refractivity contribution in [2.24, 2.45) is 0 Å². The standard InChI is InChI=1S/C10H16BrN3/c1-5-10(2,3)14(4)9-12-6-8(11)7-13-9/h6-7H,5H2,1-4H3. The molecule has 0 N–H and O–H groups in total. The molecule has 0 aromatic carbocycles. The number of hydrogen-bond acceptors (Lipinski definition) is 3. The minimum atomic E-state index is 0.0911.